The van der Waals surface area contributed by atoms with Gasteiger partial charge >= 0.3 is 0 Å². The van der Waals surface area contributed by atoms with Crippen molar-refractivity contribution in [1.29, 1.82) is 0 Å². The molecule has 1 aromatic heterocycles. The molecule has 0 saturated carbocycles. The minimum absolute atomic E-state index is 0.759. The van der Waals surface area contributed by atoms with Crippen molar-refractivity contribution in [3.8, 4) is 0 Å². The molecule has 0 saturated heterocycles. The molecule has 0 fully saturated rings. The van der Waals surface area contributed by atoms with Crippen molar-refractivity contribution in [3.63, 3.8) is 0 Å². The highest BCUT2D eigenvalue weighted by atomic mass is 32.2. The second-order valence-electron chi connectivity index (χ2n) is 4.20. The van der Waals surface area contributed by atoms with Crippen LogP contribution in [0.4, 0.5) is 0 Å². The highest BCUT2D eigenvalue weighted by Gasteiger charge is 2.01. The summed E-state index contributed by atoms with van der Waals surface area (Å²) in [6, 6.07) is 4.35. The third kappa shape index (κ3) is 4.62. The molecule has 0 amide bonds. The maximum absolute atomic E-state index is 3.52. The van der Waals surface area contributed by atoms with Crippen LogP contribution < -0.4 is 5.32 Å². The average molecular weight is 240 g/mol. The molecule has 1 rings (SSSR count). The first kappa shape index (κ1) is 13.7. The van der Waals surface area contributed by atoms with Gasteiger partial charge in [0.05, 0.1) is 0 Å². The van der Waals surface area contributed by atoms with Crippen LogP contribution in [0.25, 0.3) is 0 Å². The smallest absolute Gasteiger partial charge is 0.0359 e. The quantitative estimate of drug-likeness (QED) is 0.703. The Kier molecular flexibility index (Phi) is 6.65. The Balaban J connectivity index is 2.23. The zero-order valence-corrected chi connectivity index (χ0v) is 11.5. The van der Waals surface area contributed by atoms with Gasteiger partial charge in [0, 0.05) is 30.2 Å². The normalized spacial score (nSPS) is 12.9. The summed E-state index contributed by atoms with van der Waals surface area (Å²) in [5, 5.41) is 4.28. The zero-order chi connectivity index (χ0) is 11.8. The Morgan fingerprint density at radius 3 is 3.00 bits per heavy atom. The van der Waals surface area contributed by atoms with E-state index in [0.717, 1.165) is 24.9 Å². The lowest BCUT2D eigenvalue weighted by Crippen LogP contribution is -2.19. The molecule has 0 radical (unpaired) electrons. The van der Waals surface area contributed by atoms with Crippen LogP contribution >= 0.6 is 11.8 Å². The molecule has 0 aromatic carbocycles. The highest BCUT2D eigenvalue weighted by molar-refractivity contribution is 7.99. The van der Waals surface area contributed by atoms with Gasteiger partial charge in [-0.25, -0.2) is 0 Å². The van der Waals surface area contributed by atoms with Crippen LogP contribution in [0.2, 0.25) is 0 Å². The number of hydrogen-bond acceptors (Lipinski definition) is 2. The van der Waals surface area contributed by atoms with E-state index in [4.69, 9.17) is 0 Å². The van der Waals surface area contributed by atoms with Crippen molar-refractivity contribution in [2.45, 2.75) is 45.0 Å². The molecule has 2 nitrogen and oxygen atoms in total. The van der Waals surface area contributed by atoms with Crippen LogP contribution in [-0.4, -0.2) is 22.6 Å². The van der Waals surface area contributed by atoms with E-state index >= 15 is 0 Å². The Hall–Kier alpha value is -0.410. The van der Waals surface area contributed by atoms with Gasteiger partial charge in [0.25, 0.3) is 0 Å². The largest absolute Gasteiger partial charge is 0.350 e. The first-order valence-electron chi connectivity index (χ1n) is 6.15. The van der Waals surface area contributed by atoms with E-state index in [1.807, 2.05) is 11.8 Å². The highest BCUT2D eigenvalue weighted by Crippen LogP contribution is 2.08. The lowest BCUT2D eigenvalue weighted by Gasteiger charge is -2.11. The third-order valence-electron chi connectivity index (χ3n) is 2.82. The van der Waals surface area contributed by atoms with Crippen molar-refractivity contribution in [2.75, 3.05) is 12.8 Å². The second-order valence-corrected chi connectivity index (χ2v) is 5.48. The molecule has 16 heavy (non-hydrogen) atoms. The van der Waals surface area contributed by atoms with E-state index in [-0.39, 0.29) is 0 Å². The molecule has 1 atom stereocenters. The molecule has 1 heterocycles. The molecular formula is C13H24N2S. The van der Waals surface area contributed by atoms with Gasteiger partial charge in [0.1, 0.15) is 0 Å². The van der Waals surface area contributed by atoms with Crippen LogP contribution in [0.15, 0.2) is 18.3 Å². The fraction of sp³-hybridized carbons (Fsp3) is 0.692. The predicted octanol–water partition coefficient (Wildman–Crippen LogP) is 3.13. The van der Waals surface area contributed by atoms with Gasteiger partial charge in [-0.2, -0.15) is 11.8 Å². The Morgan fingerprint density at radius 1 is 1.50 bits per heavy atom. The van der Waals surface area contributed by atoms with Gasteiger partial charge < -0.3 is 9.88 Å². The van der Waals surface area contributed by atoms with Gasteiger partial charge in [-0.05, 0) is 37.8 Å². The molecule has 92 valence electrons. The molecule has 1 aromatic rings. The van der Waals surface area contributed by atoms with Crippen molar-refractivity contribution >= 4 is 11.8 Å². The molecular weight excluding hydrogens is 216 g/mol. The van der Waals surface area contributed by atoms with Crippen molar-refractivity contribution in [3.05, 3.63) is 24.0 Å². The van der Waals surface area contributed by atoms with Crippen LogP contribution in [-0.2, 0) is 13.1 Å². The van der Waals surface area contributed by atoms with Crippen molar-refractivity contribution in [2.24, 2.45) is 0 Å². The third-order valence-corrected chi connectivity index (χ3v) is 3.86. The number of hydrogen-bond donors (Lipinski definition) is 1. The molecule has 3 heteroatoms. The van der Waals surface area contributed by atoms with E-state index in [0.29, 0.717) is 0 Å². The summed E-state index contributed by atoms with van der Waals surface area (Å²) >= 11 is 1.94. The summed E-state index contributed by atoms with van der Waals surface area (Å²) in [6.07, 6.45) is 6.79. The molecule has 0 aliphatic carbocycles. The van der Waals surface area contributed by atoms with E-state index in [1.54, 1.807) is 0 Å². The molecule has 0 bridgehead atoms. The number of aryl methyl sites for hydroxylation is 1. The fourth-order valence-electron chi connectivity index (χ4n) is 1.71. The summed E-state index contributed by atoms with van der Waals surface area (Å²) in [4.78, 5) is 0. The topological polar surface area (TPSA) is 17.0 Å². The van der Waals surface area contributed by atoms with Crippen LogP contribution in [0, 0.1) is 0 Å². The van der Waals surface area contributed by atoms with Crippen molar-refractivity contribution in [1.82, 2.24) is 9.88 Å². The summed E-state index contributed by atoms with van der Waals surface area (Å²) in [6.45, 7) is 7.74. The molecule has 1 unspecified atom stereocenters. The van der Waals surface area contributed by atoms with E-state index in [1.165, 1.54) is 18.5 Å². The Morgan fingerprint density at radius 2 is 2.31 bits per heavy atom. The fourth-order valence-corrected chi connectivity index (χ4v) is 2.06. The maximum atomic E-state index is 3.52. The summed E-state index contributed by atoms with van der Waals surface area (Å²) in [7, 11) is 0. The first-order valence-corrected chi connectivity index (χ1v) is 7.44. The average Bonchev–Trinajstić information content (AvgIpc) is 2.72. The Bertz CT molecular complexity index is 283. The summed E-state index contributed by atoms with van der Waals surface area (Å²) < 4.78 is 2.34. The second kappa shape index (κ2) is 7.80. The minimum Gasteiger partial charge on any atom is -0.350 e. The van der Waals surface area contributed by atoms with Gasteiger partial charge in [-0.1, -0.05) is 13.8 Å². The van der Waals surface area contributed by atoms with Gasteiger partial charge in [0.15, 0.2) is 0 Å². The molecule has 1 N–H and O–H groups in total. The van der Waals surface area contributed by atoms with E-state index < -0.39 is 0 Å². The monoisotopic (exact) mass is 240 g/mol. The molecule has 0 aliphatic rings. The standard InChI is InChI=1S/C13H24N2S/c1-4-9-15-10-5-6-13(15)11-14-8-7-12(2)16-3/h5-6,10,12,14H,4,7-9,11H2,1-3H3. The van der Waals surface area contributed by atoms with Crippen LogP contribution in [0.1, 0.15) is 32.4 Å². The van der Waals surface area contributed by atoms with E-state index in [2.05, 4.69) is 48.3 Å². The van der Waals surface area contributed by atoms with Crippen molar-refractivity contribution < 1.29 is 0 Å². The maximum Gasteiger partial charge on any atom is 0.0359 e. The first-order chi connectivity index (χ1) is 7.77. The SMILES string of the molecule is CCCn1cccc1CNCCC(C)SC. The number of rotatable bonds is 8. The van der Waals surface area contributed by atoms with Crippen LogP contribution in [0.5, 0.6) is 0 Å². The molecule has 0 spiro atoms. The lowest BCUT2D eigenvalue weighted by atomic mass is 10.3. The lowest BCUT2D eigenvalue weighted by molar-refractivity contribution is 0.590. The van der Waals surface area contributed by atoms with Gasteiger partial charge in [-0.15, -0.1) is 0 Å². The number of aromatic nitrogens is 1. The van der Waals surface area contributed by atoms with Gasteiger partial charge in [0.2, 0.25) is 0 Å². The number of thioether (sulfide) groups is 1. The minimum atomic E-state index is 0.759. The summed E-state index contributed by atoms with van der Waals surface area (Å²) in [5.41, 5.74) is 1.40. The van der Waals surface area contributed by atoms with E-state index in [9.17, 15) is 0 Å². The van der Waals surface area contributed by atoms with Gasteiger partial charge in [-0.3, -0.25) is 0 Å². The molecule has 0 aliphatic heterocycles. The summed E-state index contributed by atoms with van der Waals surface area (Å²) in [5.74, 6) is 0. The Labute approximate surface area is 104 Å². The number of nitrogens with zero attached hydrogens (tertiary/aromatic N) is 1. The number of nitrogens with one attached hydrogen (secondary N) is 1. The predicted molar refractivity (Wildman–Crippen MR) is 74.0 cm³/mol. The zero-order valence-electron chi connectivity index (χ0n) is 10.7. The van der Waals surface area contributed by atoms with Crippen LogP contribution in [0.3, 0.4) is 0 Å².